The minimum Gasteiger partial charge on any atom is -0.493 e. The third-order valence-corrected chi connectivity index (χ3v) is 7.86. The number of hydrogen-bond donors (Lipinski definition) is 0. The van der Waals surface area contributed by atoms with Crippen molar-refractivity contribution in [2.24, 2.45) is 0 Å². The molecule has 1 aliphatic carbocycles. The summed E-state index contributed by atoms with van der Waals surface area (Å²) < 4.78 is 38.3. The second kappa shape index (κ2) is 16.4. The number of fused-ring (bicyclic) bond motifs is 3. The van der Waals surface area contributed by atoms with Gasteiger partial charge < -0.3 is 23.7 Å². The molecule has 3 aromatic rings. The summed E-state index contributed by atoms with van der Waals surface area (Å²) in [7, 11) is 0. The van der Waals surface area contributed by atoms with Crippen LogP contribution in [0.25, 0.3) is 11.1 Å². The molecule has 4 rings (SSSR count). The topological polar surface area (TPSA) is 114 Å². The molecule has 0 N–H and O–H groups in total. The summed E-state index contributed by atoms with van der Waals surface area (Å²) in [5.74, 6) is -1.80. The molecule has 0 amide bonds. The number of hydrogen-bond acceptors (Lipinski definition) is 10. The largest absolute Gasteiger partial charge is 0.513 e. The number of esters is 2. The van der Waals surface area contributed by atoms with Crippen LogP contribution in [-0.2, 0) is 23.8 Å². The van der Waals surface area contributed by atoms with Gasteiger partial charge in [0.05, 0.1) is 26.4 Å². The van der Waals surface area contributed by atoms with E-state index in [4.69, 9.17) is 18.9 Å². The van der Waals surface area contributed by atoms with Crippen LogP contribution in [0.3, 0.4) is 0 Å². The quantitative estimate of drug-likeness (QED) is 0.0408. The summed E-state index contributed by atoms with van der Waals surface area (Å²) >= 11 is 1.12. The van der Waals surface area contributed by atoms with Gasteiger partial charge in [0.25, 0.3) is 0 Å². The van der Waals surface area contributed by atoms with Gasteiger partial charge in [-0.2, -0.15) is 4.39 Å². The number of unbranched alkanes of at least 4 members (excludes halogenated alkanes) is 1. The molecule has 0 saturated carbocycles. The van der Waals surface area contributed by atoms with Crippen molar-refractivity contribution in [3.8, 4) is 22.6 Å². The normalized spacial score (nSPS) is 12.7. The summed E-state index contributed by atoms with van der Waals surface area (Å²) in [6, 6.07) is 18.1. The van der Waals surface area contributed by atoms with Crippen molar-refractivity contribution in [2.45, 2.75) is 37.0 Å². The number of halogens is 1. The Balaban J connectivity index is 1.26. The molecule has 0 aromatic heterocycles. The highest BCUT2D eigenvalue weighted by atomic mass is 32.2. The van der Waals surface area contributed by atoms with Gasteiger partial charge in [-0.3, -0.25) is 4.79 Å². The van der Waals surface area contributed by atoms with E-state index in [1.165, 1.54) is 0 Å². The van der Waals surface area contributed by atoms with Crippen molar-refractivity contribution >= 4 is 35.0 Å². The molecule has 3 aromatic carbocycles. The van der Waals surface area contributed by atoms with Crippen LogP contribution in [0.15, 0.2) is 90.6 Å². The first-order valence-electron chi connectivity index (χ1n) is 14.5. The predicted octanol–water partition coefficient (Wildman–Crippen LogP) is 7.57. The first-order chi connectivity index (χ1) is 22.2. The first kappa shape index (κ1) is 34.0. The van der Waals surface area contributed by atoms with E-state index in [9.17, 15) is 23.6 Å². The average molecular weight is 649 g/mol. The smallest absolute Gasteiger partial charge is 0.493 e. The molecule has 11 heteroatoms. The van der Waals surface area contributed by atoms with Crippen LogP contribution < -0.4 is 9.47 Å². The van der Waals surface area contributed by atoms with Crippen LogP contribution in [0.5, 0.6) is 11.5 Å². The molecule has 240 valence electrons. The van der Waals surface area contributed by atoms with Gasteiger partial charge in [0.15, 0.2) is 0 Å². The minimum absolute atomic E-state index is 0.00331. The van der Waals surface area contributed by atoms with Gasteiger partial charge in [0, 0.05) is 28.9 Å². The maximum absolute atomic E-state index is 13.0. The molecule has 0 bridgehead atoms. The Labute approximate surface area is 270 Å². The standard InChI is InChI=1S/C35H33FO9S/c1-4-32(37)42-16-5-6-17-44-35(40)45-26-12-14-28-29-15-13-27(21-31(29)22(2)30(28)20-26)46-34(39)24-8-10-25(11-9-24)41-18-7-19-43-33(38)23(3)36/h4,8-15,20-22H,1,3,5-7,16-19H2,2H3. The monoisotopic (exact) mass is 648 g/mol. The van der Waals surface area contributed by atoms with Gasteiger partial charge in [-0.05, 0) is 95.4 Å². The number of carbonyl (C=O) groups is 4. The van der Waals surface area contributed by atoms with Gasteiger partial charge in [-0.25, -0.2) is 14.4 Å². The van der Waals surface area contributed by atoms with Crippen molar-refractivity contribution in [1.82, 2.24) is 0 Å². The van der Waals surface area contributed by atoms with Gasteiger partial charge in [0.1, 0.15) is 11.5 Å². The number of ether oxygens (including phenoxy) is 5. The molecule has 1 unspecified atom stereocenters. The molecular formula is C35H33FO9S. The fraction of sp³-hybridized carbons (Fsp3) is 0.257. The van der Waals surface area contributed by atoms with E-state index in [2.05, 4.69) is 24.8 Å². The van der Waals surface area contributed by atoms with E-state index in [0.717, 1.165) is 45.0 Å². The molecule has 1 atom stereocenters. The first-order valence-corrected chi connectivity index (χ1v) is 15.4. The Bertz CT molecular complexity index is 1620. The third-order valence-electron chi connectivity index (χ3n) is 6.95. The Morgan fingerprint density at radius 2 is 1.43 bits per heavy atom. The van der Waals surface area contributed by atoms with Gasteiger partial charge in [0.2, 0.25) is 10.9 Å². The van der Waals surface area contributed by atoms with Crippen LogP contribution in [0.4, 0.5) is 9.18 Å². The van der Waals surface area contributed by atoms with Crippen molar-refractivity contribution in [3.05, 3.63) is 102 Å². The summed E-state index contributed by atoms with van der Waals surface area (Å²) in [4.78, 5) is 48.1. The SMILES string of the molecule is C=CC(=O)OCCCCOC(=O)Oc1ccc2c(c1)C(C)c1cc(SC(=O)c3ccc(OCCCOC(=O)C(=C)F)cc3)ccc1-2. The zero-order valence-corrected chi connectivity index (χ0v) is 26.1. The zero-order valence-electron chi connectivity index (χ0n) is 25.3. The maximum Gasteiger partial charge on any atom is 0.513 e. The van der Waals surface area contributed by atoms with E-state index in [1.54, 1.807) is 30.3 Å². The Hall–Kier alpha value is -4.90. The molecule has 1 aliphatic rings. The van der Waals surface area contributed by atoms with Crippen LogP contribution >= 0.6 is 11.8 Å². The summed E-state index contributed by atoms with van der Waals surface area (Å²) in [6.45, 7) is 8.87. The van der Waals surface area contributed by atoms with E-state index in [0.29, 0.717) is 36.3 Å². The second-order valence-corrected chi connectivity index (χ2v) is 11.2. The highest BCUT2D eigenvalue weighted by molar-refractivity contribution is 8.14. The number of benzene rings is 3. The van der Waals surface area contributed by atoms with Crippen molar-refractivity contribution in [2.75, 3.05) is 26.4 Å². The minimum atomic E-state index is -1.14. The molecule has 9 nitrogen and oxygen atoms in total. The van der Waals surface area contributed by atoms with Gasteiger partial charge in [-0.15, -0.1) is 0 Å². The Morgan fingerprint density at radius 3 is 2.13 bits per heavy atom. The highest BCUT2D eigenvalue weighted by Gasteiger charge is 2.27. The highest BCUT2D eigenvalue weighted by Crippen LogP contribution is 2.47. The Morgan fingerprint density at radius 1 is 0.804 bits per heavy atom. The zero-order chi connectivity index (χ0) is 33.1. The second-order valence-electron chi connectivity index (χ2n) is 10.2. The summed E-state index contributed by atoms with van der Waals surface area (Å²) in [5, 5.41) is -0.125. The number of rotatable bonds is 15. The predicted molar refractivity (Wildman–Crippen MR) is 170 cm³/mol. The van der Waals surface area contributed by atoms with Crippen LogP contribution in [0.2, 0.25) is 0 Å². The van der Waals surface area contributed by atoms with E-state index < -0.39 is 23.9 Å². The van der Waals surface area contributed by atoms with Crippen LogP contribution in [0.1, 0.15) is 53.6 Å². The lowest BCUT2D eigenvalue weighted by molar-refractivity contribution is -0.141. The average Bonchev–Trinajstić information content (AvgIpc) is 3.32. The lowest BCUT2D eigenvalue weighted by Crippen LogP contribution is -2.12. The fourth-order valence-corrected chi connectivity index (χ4v) is 5.44. The van der Waals surface area contributed by atoms with Crippen LogP contribution in [0, 0.1) is 0 Å². The van der Waals surface area contributed by atoms with E-state index in [-0.39, 0.29) is 37.5 Å². The lowest BCUT2D eigenvalue weighted by atomic mass is 9.99. The van der Waals surface area contributed by atoms with Crippen LogP contribution in [-0.4, -0.2) is 49.6 Å². The van der Waals surface area contributed by atoms with Gasteiger partial charge in [-0.1, -0.05) is 32.2 Å². The van der Waals surface area contributed by atoms with Crippen molar-refractivity contribution in [3.63, 3.8) is 0 Å². The molecule has 0 heterocycles. The van der Waals surface area contributed by atoms with E-state index >= 15 is 0 Å². The molecule has 0 aliphatic heterocycles. The lowest BCUT2D eigenvalue weighted by Gasteiger charge is -2.10. The third kappa shape index (κ3) is 9.31. The molecular weight excluding hydrogens is 615 g/mol. The molecule has 0 spiro atoms. The number of carbonyl (C=O) groups excluding carboxylic acids is 4. The summed E-state index contributed by atoms with van der Waals surface area (Å²) in [5.41, 5.74) is 4.65. The molecule has 0 fully saturated rings. The molecule has 46 heavy (non-hydrogen) atoms. The maximum atomic E-state index is 13.0. The summed E-state index contributed by atoms with van der Waals surface area (Å²) in [6.07, 6.45) is 1.71. The Kier molecular flexibility index (Phi) is 12.1. The number of thioether (sulfide) groups is 1. The van der Waals surface area contributed by atoms with Crippen molar-refractivity contribution < 1.29 is 47.3 Å². The van der Waals surface area contributed by atoms with Gasteiger partial charge >= 0.3 is 18.1 Å². The fourth-order valence-electron chi connectivity index (χ4n) is 4.65. The molecule has 0 radical (unpaired) electrons. The van der Waals surface area contributed by atoms with Crippen molar-refractivity contribution in [1.29, 1.82) is 0 Å². The van der Waals surface area contributed by atoms with E-state index in [1.807, 2.05) is 30.3 Å². The molecule has 0 saturated heterocycles.